The van der Waals surface area contributed by atoms with Gasteiger partial charge in [-0.25, -0.2) is 9.97 Å². The Bertz CT molecular complexity index is 1070. The zero-order chi connectivity index (χ0) is 21.8. The number of hydrogen-bond acceptors (Lipinski definition) is 6. The van der Waals surface area contributed by atoms with Crippen molar-refractivity contribution in [3.8, 4) is 11.1 Å². The van der Waals surface area contributed by atoms with E-state index in [1.807, 2.05) is 48.2 Å². The minimum atomic E-state index is -0.280. The third kappa shape index (κ3) is 5.37. The molecule has 2 aromatic heterocycles. The Balaban J connectivity index is 1.45. The van der Waals surface area contributed by atoms with Gasteiger partial charge in [-0.1, -0.05) is 23.7 Å². The predicted octanol–water partition coefficient (Wildman–Crippen LogP) is 3.62. The molecule has 0 unspecified atom stereocenters. The minimum absolute atomic E-state index is 0.105. The van der Waals surface area contributed by atoms with Crippen molar-refractivity contribution in [2.24, 2.45) is 0 Å². The number of anilines is 1. The summed E-state index contributed by atoms with van der Waals surface area (Å²) < 4.78 is 5.96. The molecule has 1 aromatic carbocycles. The van der Waals surface area contributed by atoms with E-state index in [0.29, 0.717) is 37.6 Å². The quantitative estimate of drug-likeness (QED) is 0.655. The van der Waals surface area contributed by atoms with Crippen LogP contribution in [-0.4, -0.2) is 45.5 Å². The topological polar surface area (TPSA) is 94.2 Å². The number of hydrogen-bond donors (Lipinski definition) is 1. The van der Waals surface area contributed by atoms with E-state index in [1.54, 1.807) is 12.4 Å². The summed E-state index contributed by atoms with van der Waals surface area (Å²) in [7, 11) is 0. The molecule has 160 valence electrons. The number of nitrogens with two attached hydrogens (primary N) is 1. The van der Waals surface area contributed by atoms with Crippen LogP contribution in [0.4, 0.5) is 5.95 Å². The van der Waals surface area contributed by atoms with Crippen molar-refractivity contribution in [2.75, 3.05) is 25.4 Å². The van der Waals surface area contributed by atoms with Gasteiger partial charge in [0.25, 0.3) is 0 Å². The number of carbonyl (C=O) groups excluding carboxylic acids is 1. The van der Waals surface area contributed by atoms with E-state index in [9.17, 15) is 4.79 Å². The van der Waals surface area contributed by atoms with Gasteiger partial charge < -0.3 is 15.4 Å². The first-order valence-corrected chi connectivity index (χ1v) is 10.6. The van der Waals surface area contributed by atoms with Gasteiger partial charge in [-0.05, 0) is 48.7 Å². The molecule has 3 aromatic rings. The van der Waals surface area contributed by atoms with Crippen LogP contribution in [0.25, 0.3) is 11.1 Å². The fraction of sp³-hybridized carbons (Fsp3) is 0.304. The first-order valence-electron chi connectivity index (χ1n) is 10.2. The van der Waals surface area contributed by atoms with E-state index >= 15 is 0 Å². The van der Waals surface area contributed by atoms with Crippen LogP contribution in [0.5, 0.6) is 0 Å². The van der Waals surface area contributed by atoms with Crippen molar-refractivity contribution < 1.29 is 9.53 Å². The second kappa shape index (κ2) is 9.41. The normalized spacial score (nSPS) is 16.3. The molecule has 8 heteroatoms. The Morgan fingerprint density at radius 2 is 2.03 bits per heavy atom. The predicted molar refractivity (Wildman–Crippen MR) is 119 cm³/mol. The van der Waals surface area contributed by atoms with Crippen molar-refractivity contribution in [1.82, 2.24) is 19.9 Å². The molecule has 0 saturated carbocycles. The smallest absolute Gasteiger partial charge is 0.223 e. The highest BCUT2D eigenvalue weighted by atomic mass is 35.5. The number of ether oxygens (including phenoxy) is 1. The maximum Gasteiger partial charge on any atom is 0.223 e. The lowest BCUT2D eigenvalue weighted by atomic mass is 10.0. The van der Waals surface area contributed by atoms with Crippen LogP contribution < -0.4 is 5.73 Å². The lowest BCUT2D eigenvalue weighted by Gasteiger charge is -2.33. The summed E-state index contributed by atoms with van der Waals surface area (Å²) in [4.78, 5) is 27.5. The van der Waals surface area contributed by atoms with Crippen LogP contribution in [0.3, 0.4) is 0 Å². The summed E-state index contributed by atoms with van der Waals surface area (Å²) in [5.74, 6) is 0.338. The summed E-state index contributed by atoms with van der Waals surface area (Å²) in [6.07, 6.45) is 4.19. The molecular formula is C23H24ClN5O2. The largest absolute Gasteiger partial charge is 0.368 e. The molecule has 1 amide bonds. The van der Waals surface area contributed by atoms with Crippen molar-refractivity contribution in [3.63, 3.8) is 0 Å². The number of pyridine rings is 1. The van der Waals surface area contributed by atoms with Crippen LogP contribution >= 0.6 is 11.6 Å². The number of rotatable bonds is 5. The highest BCUT2D eigenvalue weighted by Crippen LogP contribution is 2.27. The van der Waals surface area contributed by atoms with Gasteiger partial charge >= 0.3 is 0 Å². The molecule has 1 aliphatic rings. The number of amides is 1. The number of nitrogen functional groups attached to an aromatic ring is 1. The number of nitrogens with zero attached hydrogens (tertiary/aromatic N) is 4. The van der Waals surface area contributed by atoms with Crippen molar-refractivity contribution in [2.45, 2.75) is 25.9 Å². The summed E-state index contributed by atoms with van der Waals surface area (Å²) in [6.45, 7) is 3.46. The molecule has 0 aliphatic carbocycles. The molecule has 4 rings (SSSR count). The zero-order valence-electron chi connectivity index (χ0n) is 17.3. The average Bonchev–Trinajstić information content (AvgIpc) is 2.78. The molecule has 1 saturated heterocycles. The number of benzene rings is 1. The third-order valence-electron chi connectivity index (χ3n) is 5.24. The molecule has 3 heterocycles. The molecular weight excluding hydrogens is 414 g/mol. The van der Waals surface area contributed by atoms with Crippen LogP contribution in [0.1, 0.15) is 29.5 Å². The van der Waals surface area contributed by atoms with Gasteiger partial charge in [-0.2, -0.15) is 0 Å². The summed E-state index contributed by atoms with van der Waals surface area (Å²) >= 11 is 6.04. The van der Waals surface area contributed by atoms with Crippen LogP contribution in [0.15, 0.2) is 48.8 Å². The van der Waals surface area contributed by atoms with E-state index < -0.39 is 0 Å². The SMILES string of the molecule is Cc1cc(-c2cnc(N)nc2)cc([C@H]2CN(C(=O)CCc3cccc(Cl)c3)CCO2)n1. The Morgan fingerprint density at radius 1 is 1.23 bits per heavy atom. The first kappa shape index (κ1) is 21.2. The molecule has 1 atom stereocenters. The first-order chi connectivity index (χ1) is 15.0. The molecule has 1 aliphatic heterocycles. The monoisotopic (exact) mass is 437 g/mol. The second-order valence-electron chi connectivity index (χ2n) is 7.58. The van der Waals surface area contributed by atoms with E-state index in [1.165, 1.54) is 0 Å². The van der Waals surface area contributed by atoms with Crippen LogP contribution in [-0.2, 0) is 16.0 Å². The van der Waals surface area contributed by atoms with Gasteiger partial charge in [0, 0.05) is 41.6 Å². The van der Waals surface area contributed by atoms with E-state index in [-0.39, 0.29) is 18.0 Å². The van der Waals surface area contributed by atoms with Gasteiger partial charge in [0.2, 0.25) is 11.9 Å². The van der Waals surface area contributed by atoms with Gasteiger partial charge in [0.1, 0.15) is 6.10 Å². The molecule has 0 bridgehead atoms. The Morgan fingerprint density at radius 3 is 2.81 bits per heavy atom. The summed E-state index contributed by atoms with van der Waals surface area (Å²) in [5.41, 5.74) is 10.1. The number of halogens is 1. The molecule has 0 spiro atoms. The number of aryl methyl sites for hydroxylation is 2. The van der Waals surface area contributed by atoms with Gasteiger partial charge in [-0.15, -0.1) is 0 Å². The maximum atomic E-state index is 12.8. The van der Waals surface area contributed by atoms with E-state index in [4.69, 9.17) is 22.1 Å². The highest BCUT2D eigenvalue weighted by molar-refractivity contribution is 6.30. The molecule has 0 radical (unpaired) electrons. The summed E-state index contributed by atoms with van der Waals surface area (Å²) in [5, 5.41) is 0.684. The minimum Gasteiger partial charge on any atom is -0.368 e. The fourth-order valence-electron chi connectivity index (χ4n) is 3.67. The Kier molecular flexibility index (Phi) is 6.44. The highest BCUT2D eigenvalue weighted by Gasteiger charge is 2.26. The van der Waals surface area contributed by atoms with E-state index in [0.717, 1.165) is 28.1 Å². The van der Waals surface area contributed by atoms with Gasteiger partial charge in [0.15, 0.2) is 0 Å². The van der Waals surface area contributed by atoms with Gasteiger partial charge in [-0.3, -0.25) is 9.78 Å². The molecule has 2 N–H and O–H groups in total. The van der Waals surface area contributed by atoms with Crippen LogP contribution in [0, 0.1) is 6.92 Å². The van der Waals surface area contributed by atoms with Crippen LogP contribution in [0.2, 0.25) is 5.02 Å². The van der Waals surface area contributed by atoms with Crippen molar-refractivity contribution in [3.05, 3.63) is 70.8 Å². The Hall–Kier alpha value is -3.03. The number of carbonyl (C=O) groups is 1. The van der Waals surface area contributed by atoms with E-state index in [2.05, 4.69) is 15.0 Å². The standard InChI is InChI=1S/C23H24ClN5O2/c1-15-9-17(18-12-26-23(25)27-13-18)11-20(28-15)21-14-29(7-8-31-21)22(30)6-5-16-3-2-4-19(24)10-16/h2-4,9-13,21H,5-8,14H2,1H3,(H2,25,26,27)/t21-/m1/s1. The average molecular weight is 438 g/mol. The maximum absolute atomic E-state index is 12.8. The molecule has 31 heavy (non-hydrogen) atoms. The van der Waals surface area contributed by atoms with Crippen molar-refractivity contribution in [1.29, 1.82) is 0 Å². The number of aromatic nitrogens is 3. The zero-order valence-corrected chi connectivity index (χ0v) is 18.0. The summed E-state index contributed by atoms with van der Waals surface area (Å²) in [6, 6.07) is 11.6. The Labute approximate surface area is 186 Å². The second-order valence-corrected chi connectivity index (χ2v) is 8.02. The third-order valence-corrected chi connectivity index (χ3v) is 5.48. The molecule has 1 fully saturated rings. The number of morpholine rings is 1. The lowest BCUT2D eigenvalue weighted by molar-refractivity contribution is -0.139. The van der Waals surface area contributed by atoms with Crippen molar-refractivity contribution >= 4 is 23.5 Å². The fourth-order valence-corrected chi connectivity index (χ4v) is 3.88. The molecule has 7 nitrogen and oxygen atoms in total. The lowest BCUT2D eigenvalue weighted by Crippen LogP contribution is -2.42. The van der Waals surface area contributed by atoms with Gasteiger partial charge in [0.05, 0.1) is 18.8 Å².